The van der Waals surface area contributed by atoms with E-state index in [1.165, 1.54) is 36.7 Å². The normalized spacial score (nSPS) is 23.1. The first-order valence-electron chi connectivity index (χ1n) is 6.19. The average molecular weight is 331 g/mol. The van der Waals surface area contributed by atoms with Gasteiger partial charge in [-0.25, -0.2) is 8.42 Å². The third kappa shape index (κ3) is 3.05. The van der Waals surface area contributed by atoms with Gasteiger partial charge in [-0.1, -0.05) is 11.6 Å². The van der Waals surface area contributed by atoms with Gasteiger partial charge in [0.05, 0.1) is 27.7 Å². The molecule has 1 saturated heterocycles. The van der Waals surface area contributed by atoms with Crippen molar-refractivity contribution in [3.8, 4) is 6.07 Å². The van der Waals surface area contributed by atoms with E-state index in [0.717, 1.165) is 0 Å². The van der Waals surface area contributed by atoms with E-state index in [1.54, 1.807) is 0 Å². The predicted octanol–water partition coefficient (Wildman–Crippen LogP) is 1.25. The molecule has 0 saturated carbocycles. The van der Waals surface area contributed by atoms with Crippen LogP contribution in [0.3, 0.4) is 0 Å². The standard InChI is InChI=1S/C13H15ClN2O4S/c1-19-12-7-16(8-13(12)20-2)21(17,18)10-4-3-9(6-15)11(14)5-10/h3-5,12-13H,7-8H2,1-2H3. The lowest BCUT2D eigenvalue weighted by Gasteiger charge is -2.16. The van der Waals surface area contributed by atoms with Crippen molar-refractivity contribution in [1.82, 2.24) is 4.31 Å². The summed E-state index contributed by atoms with van der Waals surface area (Å²) in [6.45, 7) is 0.434. The molecule has 0 N–H and O–H groups in total. The number of ether oxygens (including phenoxy) is 2. The van der Waals surface area contributed by atoms with E-state index >= 15 is 0 Å². The molecule has 2 rings (SSSR count). The van der Waals surface area contributed by atoms with Gasteiger partial charge in [-0.2, -0.15) is 9.57 Å². The summed E-state index contributed by atoms with van der Waals surface area (Å²) in [5, 5.41) is 8.94. The van der Waals surface area contributed by atoms with E-state index in [9.17, 15) is 8.42 Å². The number of halogens is 1. The molecule has 1 aliphatic rings. The zero-order valence-electron chi connectivity index (χ0n) is 11.6. The Morgan fingerprint density at radius 3 is 2.29 bits per heavy atom. The minimum Gasteiger partial charge on any atom is -0.377 e. The van der Waals surface area contributed by atoms with Gasteiger partial charge in [-0.15, -0.1) is 0 Å². The molecule has 114 valence electrons. The van der Waals surface area contributed by atoms with Gasteiger partial charge in [0.25, 0.3) is 0 Å². The average Bonchev–Trinajstić information content (AvgIpc) is 2.91. The van der Waals surface area contributed by atoms with Crippen LogP contribution in [-0.2, 0) is 19.5 Å². The van der Waals surface area contributed by atoms with Crippen molar-refractivity contribution in [3.05, 3.63) is 28.8 Å². The Balaban J connectivity index is 2.31. The van der Waals surface area contributed by atoms with Crippen LogP contribution in [-0.4, -0.2) is 52.2 Å². The quantitative estimate of drug-likeness (QED) is 0.830. The number of nitrogens with zero attached hydrogens (tertiary/aromatic N) is 2. The van der Waals surface area contributed by atoms with E-state index in [-0.39, 0.29) is 40.8 Å². The fourth-order valence-electron chi connectivity index (χ4n) is 2.26. The van der Waals surface area contributed by atoms with Crippen molar-refractivity contribution in [2.24, 2.45) is 0 Å². The van der Waals surface area contributed by atoms with Gasteiger partial charge in [0.2, 0.25) is 10.0 Å². The van der Waals surface area contributed by atoms with Crippen LogP contribution >= 0.6 is 11.6 Å². The molecule has 0 spiro atoms. The Morgan fingerprint density at radius 2 is 1.86 bits per heavy atom. The number of hydrogen-bond donors (Lipinski definition) is 0. The second-order valence-electron chi connectivity index (χ2n) is 4.62. The summed E-state index contributed by atoms with van der Waals surface area (Å²) >= 11 is 5.90. The first kappa shape index (κ1) is 16.2. The maximum atomic E-state index is 12.6. The molecule has 0 aliphatic carbocycles. The third-order valence-corrected chi connectivity index (χ3v) is 5.63. The maximum Gasteiger partial charge on any atom is 0.243 e. The van der Waals surface area contributed by atoms with Crippen LogP contribution < -0.4 is 0 Å². The lowest BCUT2D eigenvalue weighted by molar-refractivity contribution is -0.00461. The molecule has 1 aromatic rings. The molecule has 1 aliphatic heterocycles. The predicted molar refractivity (Wildman–Crippen MR) is 76.5 cm³/mol. The van der Waals surface area contributed by atoms with Crippen LogP contribution in [0.5, 0.6) is 0 Å². The third-order valence-electron chi connectivity index (χ3n) is 3.49. The van der Waals surface area contributed by atoms with Gasteiger partial charge in [0, 0.05) is 27.3 Å². The van der Waals surface area contributed by atoms with E-state index < -0.39 is 10.0 Å². The van der Waals surface area contributed by atoms with Crippen molar-refractivity contribution >= 4 is 21.6 Å². The zero-order valence-corrected chi connectivity index (χ0v) is 13.2. The number of rotatable bonds is 4. The van der Waals surface area contributed by atoms with Gasteiger partial charge in [-0.3, -0.25) is 0 Å². The van der Waals surface area contributed by atoms with Gasteiger partial charge in [0.15, 0.2) is 0 Å². The Labute approximate surface area is 128 Å². The van der Waals surface area contributed by atoms with Gasteiger partial charge < -0.3 is 9.47 Å². The fraction of sp³-hybridized carbons (Fsp3) is 0.462. The summed E-state index contributed by atoms with van der Waals surface area (Å²) in [5.41, 5.74) is 0.238. The Kier molecular flexibility index (Phi) is 4.86. The van der Waals surface area contributed by atoms with Crippen LogP contribution in [0.2, 0.25) is 5.02 Å². The van der Waals surface area contributed by atoms with Crippen LogP contribution in [0.15, 0.2) is 23.1 Å². The highest BCUT2D eigenvalue weighted by atomic mass is 35.5. The van der Waals surface area contributed by atoms with Crippen molar-refractivity contribution in [1.29, 1.82) is 5.26 Å². The monoisotopic (exact) mass is 330 g/mol. The Morgan fingerprint density at radius 1 is 1.29 bits per heavy atom. The molecule has 2 unspecified atom stereocenters. The summed E-state index contributed by atoms with van der Waals surface area (Å²) in [7, 11) is -0.654. The summed E-state index contributed by atoms with van der Waals surface area (Å²) in [6.07, 6.45) is -0.614. The van der Waals surface area contributed by atoms with Crippen molar-refractivity contribution < 1.29 is 17.9 Å². The Hall–Kier alpha value is -1.17. The lowest BCUT2D eigenvalue weighted by Crippen LogP contribution is -2.30. The molecule has 0 aromatic heterocycles. The molecule has 6 nitrogen and oxygen atoms in total. The van der Waals surface area contributed by atoms with Crippen molar-refractivity contribution in [2.75, 3.05) is 27.3 Å². The van der Waals surface area contributed by atoms with Gasteiger partial charge in [0.1, 0.15) is 6.07 Å². The fourth-order valence-corrected chi connectivity index (χ4v) is 4.03. The van der Waals surface area contributed by atoms with Crippen molar-refractivity contribution in [3.63, 3.8) is 0 Å². The van der Waals surface area contributed by atoms with Crippen LogP contribution in [0.4, 0.5) is 0 Å². The van der Waals surface area contributed by atoms with Crippen LogP contribution in [0.1, 0.15) is 5.56 Å². The second kappa shape index (κ2) is 6.30. The number of methoxy groups -OCH3 is 2. The zero-order chi connectivity index (χ0) is 15.6. The SMILES string of the molecule is COC1CN(S(=O)(=O)c2ccc(C#N)c(Cl)c2)CC1OC. The number of benzene rings is 1. The van der Waals surface area contributed by atoms with E-state index in [4.69, 9.17) is 26.3 Å². The van der Waals surface area contributed by atoms with E-state index in [1.807, 2.05) is 6.07 Å². The van der Waals surface area contributed by atoms with E-state index in [0.29, 0.717) is 0 Å². The summed E-state index contributed by atoms with van der Waals surface area (Å²) in [6, 6.07) is 5.96. The largest absolute Gasteiger partial charge is 0.377 e. The smallest absolute Gasteiger partial charge is 0.243 e. The molecule has 1 fully saturated rings. The summed E-state index contributed by atoms with van der Waals surface area (Å²) in [5.74, 6) is 0. The van der Waals surface area contributed by atoms with Gasteiger partial charge in [-0.05, 0) is 18.2 Å². The summed E-state index contributed by atoms with van der Waals surface area (Å²) < 4.78 is 36.9. The minimum atomic E-state index is -3.69. The molecule has 0 bridgehead atoms. The second-order valence-corrected chi connectivity index (χ2v) is 6.97. The van der Waals surface area contributed by atoms with Crippen LogP contribution in [0.25, 0.3) is 0 Å². The van der Waals surface area contributed by atoms with Crippen molar-refractivity contribution in [2.45, 2.75) is 17.1 Å². The first-order chi connectivity index (χ1) is 9.93. The topological polar surface area (TPSA) is 79.6 Å². The molecule has 21 heavy (non-hydrogen) atoms. The first-order valence-corrected chi connectivity index (χ1v) is 8.01. The lowest BCUT2D eigenvalue weighted by atomic mass is 10.2. The highest BCUT2D eigenvalue weighted by molar-refractivity contribution is 7.89. The molecular weight excluding hydrogens is 316 g/mol. The van der Waals surface area contributed by atoms with Crippen LogP contribution in [0, 0.1) is 11.3 Å². The minimum absolute atomic E-state index is 0.0538. The molecule has 0 amide bonds. The molecular formula is C13H15ClN2O4S. The Bertz CT molecular complexity index is 659. The number of nitriles is 1. The van der Waals surface area contributed by atoms with Gasteiger partial charge >= 0.3 is 0 Å². The number of sulfonamides is 1. The van der Waals surface area contributed by atoms with E-state index in [2.05, 4.69) is 0 Å². The molecule has 8 heteroatoms. The number of hydrogen-bond acceptors (Lipinski definition) is 5. The molecule has 1 heterocycles. The molecule has 2 atom stereocenters. The highest BCUT2D eigenvalue weighted by Crippen LogP contribution is 2.26. The molecule has 0 radical (unpaired) electrons. The maximum absolute atomic E-state index is 12.6. The highest BCUT2D eigenvalue weighted by Gasteiger charge is 2.39. The molecule has 1 aromatic carbocycles. The summed E-state index contributed by atoms with van der Waals surface area (Å²) in [4.78, 5) is 0.0538.